The summed E-state index contributed by atoms with van der Waals surface area (Å²) in [6.45, 7) is 1.89. The first-order chi connectivity index (χ1) is 12.4. The summed E-state index contributed by atoms with van der Waals surface area (Å²) in [5.74, 6) is -1.08. The van der Waals surface area contributed by atoms with Crippen LogP contribution in [-0.4, -0.2) is 19.0 Å². The Hall–Kier alpha value is -2.40. The number of benzene rings is 2. The lowest BCUT2D eigenvalue weighted by atomic mass is 9.96. The van der Waals surface area contributed by atoms with E-state index in [0.717, 1.165) is 5.56 Å². The summed E-state index contributed by atoms with van der Waals surface area (Å²) in [4.78, 5) is 24.2. The average molecular weight is 378 g/mol. The highest BCUT2D eigenvalue weighted by atomic mass is 35.5. The first-order valence-electron chi connectivity index (χ1n) is 8.26. The van der Waals surface area contributed by atoms with E-state index in [2.05, 4.69) is 5.32 Å². The molecule has 0 fully saturated rings. The minimum absolute atomic E-state index is 0.0170. The van der Waals surface area contributed by atoms with E-state index in [-0.39, 0.29) is 30.5 Å². The second-order valence-electron chi connectivity index (χ2n) is 6.08. The zero-order valence-corrected chi connectivity index (χ0v) is 15.4. The molecule has 1 amide bonds. The van der Waals surface area contributed by atoms with Gasteiger partial charge in [-0.05, 0) is 35.2 Å². The predicted octanol–water partition coefficient (Wildman–Crippen LogP) is 4.39. The quantitative estimate of drug-likeness (QED) is 0.728. The third-order valence-corrected chi connectivity index (χ3v) is 4.49. The molecule has 0 bridgehead atoms. The average Bonchev–Trinajstić information content (AvgIpc) is 2.61. The van der Waals surface area contributed by atoms with Crippen LogP contribution < -0.4 is 5.32 Å². The summed E-state index contributed by atoms with van der Waals surface area (Å²) in [7, 11) is 1.30. The van der Waals surface area contributed by atoms with Crippen LogP contribution in [0.5, 0.6) is 0 Å². The lowest BCUT2D eigenvalue weighted by Gasteiger charge is -2.20. The van der Waals surface area contributed by atoms with Gasteiger partial charge in [-0.15, -0.1) is 0 Å². The standard InChI is InChI=1S/C20H21ClFNO3/c1-13(14-7-9-15(22)10-8-14)11-19(24)23-18(12-20(25)26-2)16-5-3-4-6-17(16)21/h3-10,13,18H,11-12H2,1-2H3,(H,23,24). The van der Waals surface area contributed by atoms with Crippen molar-refractivity contribution in [2.75, 3.05) is 7.11 Å². The molecule has 2 aromatic rings. The van der Waals surface area contributed by atoms with Crippen molar-refractivity contribution < 1.29 is 18.7 Å². The maximum absolute atomic E-state index is 13.0. The van der Waals surface area contributed by atoms with Gasteiger partial charge < -0.3 is 10.1 Å². The van der Waals surface area contributed by atoms with E-state index in [9.17, 15) is 14.0 Å². The van der Waals surface area contributed by atoms with Crippen LogP contribution in [0.15, 0.2) is 48.5 Å². The second-order valence-corrected chi connectivity index (χ2v) is 6.49. The third kappa shape index (κ3) is 5.56. The number of hydrogen-bond acceptors (Lipinski definition) is 3. The fraction of sp³-hybridized carbons (Fsp3) is 0.300. The Kier molecular flexibility index (Phi) is 7.16. The van der Waals surface area contributed by atoms with Crippen molar-refractivity contribution in [3.05, 3.63) is 70.5 Å². The highest BCUT2D eigenvalue weighted by molar-refractivity contribution is 6.31. The van der Waals surface area contributed by atoms with Crippen molar-refractivity contribution in [2.45, 2.75) is 31.7 Å². The summed E-state index contributed by atoms with van der Waals surface area (Å²) in [6, 6.07) is 12.5. The predicted molar refractivity (Wildman–Crippen MR) is 98.4 cm³/mol. The number of halogens is 2. The maximum atomic E-state index is 13.0. The number of carbonyl (C=O) groups is 2. The zero-order valence-electron chi connectivity index (χ0n) is 14.7. The van der Waals surface area contributed by atoms with Crippen LogP contribution in [0.3, 0.4) is 0 Å². The van der Waals surface area contributed by atoms with Gasteiger partial charge >= 0.3 is 5.97 Å². The minimum Gasteiger partial charge on any atom is -0.469 e. The first kappa shape index (κ1) is 19.9. The molecule has 0 heterocycles. The number of esters is 1. The number of nitrogens with one attached hydrogen (secondary N) is 1. The number of carbonyl (C=O) groups excluding carboxylic acids is 2. The Morgan fingerprint density at radius 2 is 1.77 bits per heavy atom. The molecule has 1 N–H and O–H groups in total. The van der Waals surface area contributed by atoms with Gasteiger partial charge in [0, 0.05) is 11.4 Å². The number of ether oxygens (including phenoxy) is 1. The zero-order chi connectivity index (χ0) is 19.1. The molecule has 0 saturated heterocycles. The number of hydrogen-bond donors (Lipinski definition) is 1. The maximum Gasteiger partial charge on any atom is 0.307 e. The van der Waals surface area contributed by atoms with Gasteiger partial charge in [0.1, 0.15) is 5.82 Å². The van der Waals surface area contributed by atoms with Crippen LogP contribution in [0.25, 0.3) is 0 Å². The number of rotatable bonds is 7. The monoisotopic (exact) mass is 377 g/mol. The smallest absolute Gasteiger partial charge is 0.307 e. The van der Waals surface area contributed by atoms with E-state index < -0.39 is 12.0 Å². The van der Waals surface area contributed by atoms with Gasteiger partial charge in [0.25, 0.3) is 0 Å². The lowest BCUT2D eigenvalue weighted by molar-refractivity contribution is -0.141. The Morgan fingerprint density at radius 3 is 2.38 bits per heavy atom. The molecule has 0 spiro atoms. The normalized spacial score (nSPS) is 12.9. The van der Waals surface area contributed by atoms with Crippen LogP contribution in [0.2, 0.25) is 5.02 Å². The molecule has 2 atom stereocenters. The largest absolute Gasteiger partial charge is 0.469 e. The summed E-state index contributed by atoms with van der Waals surface area (Å²) in [6.07, 6.45) is 0.185. The lowest BCUT2D eigenvalue weighted by Crippen LogP contribution is -2.31. The van der Waals surface area contributed by atoms with E-state index in [1.807, 2.05) is 6.92 Å². The summed E-state index contributed by atoms with van der Waals surface area (Å²) in [5.41, 5.74) is 1.52. The van der Waals surface area contributed by atoms with Crippen molar-refractivity contribution in [1.29, 1.82) is 0 Å². The van der Waals surface area contributed by atoms with Crippen molar-refractivity contribution in [3.63, 3.8) is 0 Å². The van der Waals surface area contributed by atoms with Crippen LogP contribution in [-0.2, 0) is 14.3 Å². The van der Waals surface area contributed by atoms with E-state index >= 15 is 0 Å². The number of amides is 1. The van der Waals surface area contributed by atoms with Gasteiger partial charge in [-0.2, -0.15) is 0 Å². The molecule has 0 aliphatic heterocycles. The van der Waals surface area contributed by atoms with Crippen molar-refractivity contribution in [2.24, 2.45) is 0 Å². The summed E-state index contributed by atoms with van der Waals surface area (Å²) in [5, 5.41) is 3.32. The Bertz CT molecular complexity index is 764. The van der Waals surface area contributed by atoms with Gasteiger partial charge in [0.2, 0.25) is 5.91 Å². The molecular weight excluding hydrogens is 357 g/mol. The molecular formula is C20H21ClFNO3. The molecule has 4 nitrogen and oxygen atoms in total. The molecule has 138 valence electrons. The number of methoxy groups -OCH3 is 1. The second kappa shape index (κ2) is 9.34. The molecule has 0 radical (unpaired) electrons. The van der Waals surface area contributed by atoms with E-state index in [0.29, 0.717) is 10.6 Å². The van der Waals surface area contributed by atoms with Gasteiger partial charge in [-0.25, -0.2) is 4.39 Å². The van der Waals surface area contributed by atoms with Crippen LogP contribution in [0.1, 0.15) is 42.9 Å². The van der Waals surface area contributed by atoms with Gasteiger partial charge in [0.05, 0.1) is 19.6 Å². The van der Waals surface area contributed by atoms with Gasteiger partial charge in [0.15, 0.2) is 0 Å². The molecule has 0 aromatic heterocycles. The first-order valence-corrected chi connectivity index (χ1v) is 8.64. The summed E-state index contributed by atoms with van der Waals surface area (Å²) < 4.78 is 17.7. The van der Waals surface area contributed by atoms with E-state index in [1.165, 1.54) is 19.2 Å². The summed E-state index contributed by atoms with van der Waals surface area (Å²) >= 11 is 6.21. The van der Waals surface area contributed by atoms with Crippen molar-refractivity contribution in [3.8, 4) is 0 Å². The SMILES string of the molecule is COC(=O)CC(NC(=O)CC(C)c1ccc(F)cc1)c1ccccc1Cl. The Labute approximate surface area is 157 Å². The molecule has 2 rings (SSSR count). The highest BCUT2D eigenvalue weighted by Crippen LogP contribution is 2.26. The van der Waals surface area contributed by atoms with Crippen LogP contribution in [0, 0.1) is 5.82 Å². The molecule has 0 aliphatic rings. The Morgan fingerprint density at radius 1 is 1.12 bits per heavy atom. The van der Waals surface area contributed by atoms with E-state index in [1.54, 1.807) is 36.4 Å². The van der Waals surface area contributed by atoms with Gasteiger partial charge in [-0.3, -0.25) is 9.59 Å². The molecule has 6 heteroatoms. The molecule has 2 unspecified atom stereocenters. The topological polar surface area (TPSA) is 55.4 Å². The fourth-order valence-corrected chi connectivity index (χ4v) is 2.95. The van der Waals surface area contributed by atoms with Crippen molar-refractivity contribution >= 4 is 23.5 Å². The van der Waals surface area contributed by atoms with Crippen molar-refractivity contribution in [1.82, 2.24) is 5.32 Å². The van der Waals surface area contributed by atoms with Crippen LogP contribution in [0.4, 0.5) is 4.39 Å². The van der Waals surface area contributed by atoms with Gasteiger partial charge in [-0.1, -0.05) is 48.9 Å². The van der Waals surface area contributed by atoms with E-state index in [4.69, 9.17) is 16.3 Å². The molecule has 26 heavy (non-hydrogen) atoms. The molecule has 0 aliphatic carbocycles. The Balaban J connectivity index is 2.09. The molecule has 0 saturated carbocycles. The molecule has 2 aromatic carbocycles. The third-order valence-electron chi connectivity index (χ3n) is 4.14. The van der Waals surface area contributed by atoms with Crippen LogP contribution >= 0.6 is 11.6 Å². The minimum atomic E-state index is -0.580. The fourth-order valence-electron chi connectivity index (χ4n) is 2.69. The highest BCUT2D eigenvalue weighted by Gasteiger charge is 2.22.